The minimum Gasteiger partial charge on any atom is -0.369 e. The Morgan fingerprint density at radius 3 is 2.80 bits per heavy atom. The largest absolute Gasteiger partial charge is 0.369 e. The van der Waals surface area contributed by atoms with E-state index in [1.54, 1.807) is 6.20 Å². The number of anilines is 2. The lowest BCUT2D eigenvalue weighted by Gasteiger charge is -2.08. The Hall–Kier alpha value is -2.67. The molecule has 1 aromatic carbocycles. The molecule has 0 amide bonds. The van der Waals surface area contributed by atoms with Gasteiger partial charge in [0.15, 0.2) is 5.65 Å². The molecule has 0 atom stereocenters. The first kappa shape index (κ1) is 12.4. The number of hydrogen-bond donors (Lipinski definition) is 4. The molecule has 0 fully saturated rings. The number of H-pyrrole nitrogens is 1. The van der Waals surface area contributed by atoms with Crippen molar-refractivity contribution in [1.29, 1.82) is 0 Å². The van der Waals surface area contributed by atoms with Gasteiger partial charge in [0, 0.05) is 6.54 Å². The van der Waals surface area contributed by atoms with Crippen molar-refractivity contribution in [3.05, 3.63) is 42.1 Å². The van der Waals surface area contributed by atoms with Crippen molar-refractivity contribution in [1.82, 2.24) is 20.2 Å². The normalized spacial score (nSPS) is 10.7. The SMILES string of the molecule is NNc1nc(NCCc2ccccc2)c2cn[nH]c2n1. The van der Waals surface area contributed by atoms with Crippen molar-refractivity contribution in [2.75, 3.05) is 17.3 Å². The van der Waals surface area contributed by atoms with Crippen molar-refractivity contribution in [3.8, 4) is 0 Å². The maximum atomic E-state index is 5.36. The zero-order valence-electron chi connectivity index (χ0n) is 10.8. The number of benzene rings is 1. The monoisotopic (exact) mass is 269 g/mol. The molecule has 0 aliphatic heterocycles. The second-order valence-corrected chi connectivity index (χ2v) is 4.33. The summed E-state index contributed by atoms with van der Waals surface area (Å²) < 4.78 is 0. The molecule has 0 radical (unpaired) electrons. The van der Waals surface area contributed by atoms with Gasteiger partial charge < -0.3 is 5.32 Å². The van der Waals surface area contributed by atoms with Gasteiger partial charge in [0.25, 0.3) is 0 Å². The highest BCUT2D eigenvalue weighted by atomic mass is 15.3. The third kappa shape index (κ3) is 2.52. The molecule has 2 aromatic heterocycles. The van der Waals surface area contributed by atoms with Gasteiger partial charge in [-0.2, -0.15) is 15.1 Å². The Labute approximate surface area is 115 Å². The number of hydrogen-bond acceptors (Lipinski definition) is 6. The van der Waals surface area contributed by atoms with Crippen LogP contribution in [0.25, 0.3) is 11.0 Å². The quantitative estimate of drug-likeness (QED) is 0.411. The van der Waals surface area contributed by atoms with Crippen molar-refractivity contribution < 1.29 is 0 Å². The molecule has 2 heterocycles. The van der Waals surface area contributed by atoms with E-state index in [2.05, 4.69) is 43.0 Å². The van der Waals surface area contributed by atoms with Crippen LogP contribution in [-0.4, -0.2) is 26.7 Å². The Morgan fingerprint density at radius 1 is 1.15 bits per heavy atom. The van der Waals surface area contributed by atoms with Crippen LogP contribution >= 0.6 is 0 Å². The number of nitrogens with two attached hydrogens (primary N) is 1. The molecule has 7 heteroatoms. The highest BCUT2D eigenvalue weighted by molar-refractivity contribution is 5.86. The first-order valence-electron chi connectivity index (χ1n) is 6.32. The number of rotatable bonds is 5. The van der Waals surface area contributed by atoms with Crippen LogP contribution in [0.3, 0.4) is 0 Å². The molecule has 0 unspecified atom stereocenters. The topological polar surface area (TPSA) is 105 Å². The summed E-state index contributed by atoms with van der Waals surface area (Å²) in [5, 5.41) is 10.9. The molecule has 7 nitrogen and oxygen atoms in total. The molecule has 3 rings (SSSR count). The third-order valence-corrected chi connectivity index (χ3v) is 2.99. The summed E-state index contributed by atoms with van der Waals surface area (Å²) in [5.74, 6) is 6.43. The second kappa shape index (κ2) is 5.54. The summed E-state index contributed by atoms with van der Waals surface area (Å²) in [4.78, 5) is 8.48. The molecule has 3 aromatic rings. The number of nitrogens with zero attached hydrogens (tertiary/aromatic N) is 3. The number of nitrogen functional groups attached to an aromatic ring is 1. The molecule has 0 saturated heterocycles. The van der Waals surface area contributed by atoms with Gasteiger partial charge in [-0.3, -0.25) is 10.5 Å². The molecular weight excluding hydrogens is 254 g/mol. The predicted molar refractivity (Wildman–Crippen MR) is 78.1 cm³/mol. The van der Waals surface area contributed by atoms with E-state index in [4.69, 9.17) is 5.84 Å². The van der Waals surface area contributed by atoms with Gasteiger partial charge in [0.2, 0.25) is 5.95 Å². The Bertz CT molecular complexity index is 692. The number of aromatic nitrogens is 4. The van der Waals surface area contributed by atoms with Gasteiger partial charge in [-0.25, -0.2) is 5.84 Å². The second-order valence-electron chi connectivity index (χ2n) is 4.33. The van der Waals surface area contributed by atoms with Crippen LogP contribution in [0.5, 0.6) is 0 Å². The van der Waals surface area contributed by atoms with E-state index in [0.29, 0.717) is 17.4 Å². The van der Waals surface area contributed by atoms with Gasteiger partial charge in [0.05, 0.1) is 11.6 Å². The fourth-order valence-corrected chi connectivity index (χ4v) is 2.00. The predicted octanol–water partition coefficient (Wildman–Crippen LogP) is 1.29. The highest BCUT2D eigenvalue weighted by Gasteiger charge is 2.08. The van der Waals surface area contributed by atoms with Crippen molar-refractivity contribution in [3.63, 3.8) is 0 Å². The maximum absolute atomic E-state index is 5.36. The molecule has 0 aliphatic rings. The first-order chi connectivity index (χ1) is 9.86. The molecule has 5 N–H and O–H groups in total. The minimum atomic E-state index is 0.351. The van der Waals surface area contributed by atoms with Gasteiger partial charge in [-0.15, -0.1) is 0 Å². The molecule has 0 saturated carbocycles. The fourth-order valence-electron chi connectivity index (χ4n) is 2.00. The van der Waals surface area contributed by atoms with Crippen molar-refractivity contribution >= 4 is 22.8 Å². The summed E-state index contributed by atoms with van der Waals surface area (Å²) in [6.45, 7) is 0.769. The van der Waals surface area contributed by atoms with Crippen LogP contribution in [0.15, 0.2) is 36.5 Å². The Balaban J connectivity index is 1.75. The minimum absolute atomic E-state index is 0.351. The van der Waals surface area contributed by atoms with Crippen LogP contribution in [0.1, 0.15) is 5.56 Å². The van der Waals surface area contributed by atoms with Gasteiger partial charge in [-0.05, 0) is 12.0 Å². The Kier molecular flexibility index (Phi) is 3.42. The van der Waals surface area contributed by atoms with E-state index in [0.717, 1.165) is 18.4 Å². The van der Waals surface area contributed by atoms with E-state index in [1.807, 2.05) is 18.2 Å². The summed E-state index contributed by atoms with van der Waals surface area (Å²) in [5.41, 5.74) is 4.37. The summed E-state index contributed by atoms with van der Waals surface area (Å²) in [7, 11) is 0. The summed E-state index contributed by atoms with van der Waals surface area (Å²) in [6, 6.07) is 10.3. The van der Waals surface area contributed by atoms with Crippen LogP contribution in [-0.2, 0) is 6.42 Å². The molecule has 0 aliphatic carbocycles. The molecular formula is C13H15N7. The number of nitrogens with one attached hydrogen (secondary N) is 3. The smallest absolute Gasteiger partial charge is 0.241 e. The summed E-state index contributed by atoms with van der Waals surface area (Å²) >= 11 is 0. The first-order valence-corrected chi connectivity index (χ1v) is 6.32. The number of fused-ring (bicyclic) bond motifs is 1. The maximum Gasteiger partial charge on any atom is 0.241 e. The number of hydrazine groups is 1. The van der Waals surface area contributed by atoms with Gasteiger partial charge in [-0.1, -0.05) is 30.3 Å². The van der Waals surface area contributed by atoms with E-state index in [1.165, 1.54) is 5.56 Å². The lowest BCUT2D eigenvalue weighted by atomic mass is 10.1. The van der Waals surface area contributed by atoms with E-state index < -0.39 is 0 Å². The Morgan fingerprint density at radius 2 is 2.00 bits per heavy atom. The van der Waals surface area contributed by atoms with E-state index in [9.17, 15) is 0 Å². The fraction of sp³-hybridized carbons (Fsp3) is 0.154. The molecule has 20 heavy (non-hydrogen) atoms. The van der Waals surface area contributed by atoms with E-state index >= 15 is 0 Å². The molecule has 102 valence electrons. The average molecular weight is 269 g/mol. The average Bonchev–Trinajstić information content (AvgIpc) is 2.96. The van der Waals surface area contributed by atoms with Crippen molar-refractivity contribution in [2.24, 2.45) is 5.84 Å². The zero-order chi connectivity index (χ0) is 13.8. The highest BCUT2D eigenvalue weighted by Crippen LogP contribution is 2.19. The van der Waals surface area contributed by atoms with Crippen LogP contribution in [0.4, 0.5) is 11.8 Å². The third-order valence-electron chi connectivity index (χ3n) is 2.99. The zero-order valence-corrected chi connectivity index (χ0v) is 10.8. The lowest BCUT2D eigenvalue weighted by molar-refractivity contribution is 1.00. The van der Waals surface area contributed by atoms with Crippen molar-refractivity contribution in [2.45, 2.75) is 6.42 Å². The van der Waals surface area contributed by atoms with Gasteiger partial charge in [0.1, 0.15) is 5.82 Å². The molecule has 0 spiro atoms. The molecule has 0 bridgehead atoms. The lowest BCUT2D eigenvalue weighted by Crippen LogP contribution is -2.13. The van der Waals surface area contributed by atoms with Gasteiger partial charge >= 0.3 is 0 Å². The summed E-state index contributed by atoms with van der Waals surface area (Å²) in [6.07, 6.45) is 2.61. The van der Waals surface area contributed by atoms with Crippen LogP contribution < -0.4 is 16.6 Å². The number of aromatic amines is 1. The van der Waals surface area contributed by atoms with Crippen LogP contribution in [0, 0.1) is 0 Å². The van der Waals surface area contributed by atoms with E-state index in [-0.39, 0.29) is 0 Å². The standard InChI is InChI=1S/C13H15N7/c14-19-13-17-11(10-8-16-20-12(10)18-13)15-7-6-9-4-2-1-3-5-9/h1-5,8H,6-7,14H2,(H3,15,16,17,18,19,20). The van der Waals surface area contributed by atoms with Crippen LogP contribution in [0.2, 0.25) is 0 Å².